The first-order chi connectivity index (χ1) is 12.2. The van der Waals surface area contributed by atoms with E-state index in [4.69, 9.17) is 4.74 Å². The fraction of sp³-hybridized carbons (Fsp3) is 0.529. The summed E-state index contributed by atoms with van der Waals surface area (Å²) in [5, 5.41) is 0. The number of carbonyl (C=O) groups is 1. The SMILES string of the molecule is O=C(CCCn1ccnc1)N1CCOC[C@@H](Cc2cc(=O)[nH]cn2)C1. The van der Waals surface area contributed by atoms with E-state index in [1.54, 1.807) is 12.5 Å². The molecule has 3 rings (SSSR count). The van der Waals surface area contributed by atoms with Crippen molar-refractivity contribution in [1.82, 2.24) is 24.4 Å². The van der Waals surface area contributed by atoms with Crippen LogP contribution in [0, 0.1) is 5.92 Å². The number of imidazole rings is 1. The molecule has 3 heterocycles. The highest BCUT2D eigenvalue weighted by atomic mass is 16.5. The van der Waals surface area contributed by atoms with Gasteiger partial charge in [0.1, 0.15) is 0 Å². The van der Waals surface area contributed by atoms with Gasteiger partial charge in [-0.15, -0.1) is 0 Å². The Morgan fingerprint density at radius 2 is 2.36 bits per heavy atom. The van der Waals surface area contributed by atoms with E-state index in [0.717, 1.165) is 18.7 Å². The molecule has 1 fully saturated rings. The van der Waals surface area contributed by atoms with Crippen LogP contribution in [0.2, 0.25) is 0 Å². The lowest BCUT2D eigenvalue weighted by molar-refractivity contribution is -0.131. The Balaban J connectivity index is 1.51. The van der Waals surface area contributed by atoms with Gasteiger partial charge in [0.2, 0.25) is 5.91 Å². The highest BCUT2D eigenvalue weighted by Gasteiger charge is 2.22. The molecule has 8 heteroatoms. The van der Waals surface area contributed by atoms with Crippen molar-refractivity contribution in [2.75, 3.05) is 26.3 Å². The van der Waals surface area contributed by atoms with Gasteiger partial charge in [-0.05, 0) is 12.8 Å². The van der Waals surface area contributed by atoms with Crippen molar-refractivity contribution in [3.63, 3.8) is 0 Å². The van der Waals surface area contributed by atoms with E-state index in [-0.39, 0.29) is 17.4 Å². The smallest absolute Gasteiger partial charge is 0.250 e. The van der Waals surface area contributed by atoms with Gasteiger partial charge < -0.3 is 19.2 Å². The van der Waals surface area contributed by atoms with Crippen LogP contribution >= 0.6 is 0 Å². The summed E-state index contributed by atoms with van der Waals surface area (Å²) in [6.45, 7) is 3.16. The summed E-state index contributed by atoms with van der Waals surface area (Å²) in [7, 11) is 0. The molecular weight excluding hydrogens is 322 g/mol. The summed E-state index contributed by atoms with van der Waals surface area (Å²) in [5.41, 5.74) is 0.568. The summed E-state index contributed by atoms with van der Waals surface area (Å²) in [6, 6.07) is 1.50. The maximum atomic E-state index is 12.5. The van der Waals surface area contributed by atoms with Crippen LogP contribution in [-0.4, -0.2) is 56.6 Å². The maximum absolute atomic E-state index is 12.5. The zero-order valence-corrected chi connectivity index (χ0v) is 14.1. The third kappa shape index (κ3) is 5.25. The largest absolute Gasteiger partial charge is 0.379 e. The molecule has 2 aromatic rings. The third-order valence-corrected chi connectivity index (χ3v) is 4.29. The van der Waals surface area contributed by atoms with E-state index in [1.807, 2.05) is 15.7 Å². The van der Waals surface area contributed by atoms with Gasteiger partial charge in [-0.2, -0.15) is 0 Å². The first-order valence-corrected chi connectivity index (χ1v) is 8.55. The van der Waals surface area contributed by atoms with Crippen molar-refractivity contribution in [1.29, 1.82) is 0 Å². The van der Waals surface area contributed by atoms with Gasteiger partial charge in [0.15, 0.2) is 0 Å². The number of aromatic amines is 1. The second-order valence-electron chi connectivity index (χ2n) is 6.29. The van der Waals surface area contributed by atoms with Crippen molar-refractivity contribution in [3.05, 3.63) is 47.2 Å². The highest BCUT2D eigenvalue weighted by molar-refractivity contribution is 5.76. The topological polar surface area (TPSA) is 93.1 Å². The first-order valence-electron chi connectivity index (χ1n) is 8.55. The van der Waals surface area contributed by atoms with Crippen molar-refractivity contribution in [2.45, 2.75) is 25.8 Å². The molecule has 1 amide bonds. The molecule has 1 saturated heterocycles. The molecule has 2 aromatic heterocycles. The van der Waals surface area contributed by atoms with Gasteiger partial charge in [-0.1, -0.05) is 0 Å². The third-order valence-electron chi connectivity index (χ3n) is 4.29. The number of hydrogen-bond acceptors (Lipinski definition) is 5. The van der Waals surface area contributed by atoms with E-state index in [9.17, 15) is 9.59 Å². The molecule has 8 nitrogen and oxygen atoms in total. The number of aryl methyl sites for hydroxylation is 1. The zero-order chi connectivity index (χ0) is 17.5. The van der Waals surface area contributed by atoms with Crippen molar-refractivity contribution in [3.8, 4) is 0 Å². The predicted molar refractivity (Wildman–Crippen MR) is 90.9 cm³/mol. The molecule has 0 radical (unpaired) electrons. The van der Waals surface area contributed by atoms with Crippen LogP contribution < -0.4 is 5.56 Å². The predicted octanol–water partition coefficient (Wildman–Crippen LogP) is 0.464. The molecule has 134 valence electrons. The summed E-state index contributed by atoms with van der Waals surface area (Å²) >= 11 is 0. The number of hydrogen-bond donors (Lipinski definition) is 1. The zero-order valence-electron chi connectivity index (χ0n) is 14.1. The number of nitrogens with zero attached hydrogens (tertiary/aromatic N) is 4. The van der Waals surface area contributed by atoms with Crippen molar-refractivity contribution >= 4 is 5.91 Å². The van der Waals surface area contributed by atoms with E-state index < -0.39 is 0 Å². The minimum absolute atomic E-state index is 0.148. The normalized spacial score (nSPS) is 18.1. The van der Waals surface area contributed by atoms with E-state index in [1.165, 1.54) is 12.4 Å². The molecule has 1 aliphatic rings. The van der Waals surface area contributed by atoms with Crippen LogP contribution in [-0.2, 0) is 22.5 Å². The summed E-state index contributed by atoms with van der Waals surface area (Å²) in [4.78, 5) is 36.5. The van der Waals surface area contributed by atoms with Gasteiger partial charge in [0, 0.05) is 56.1 Å². The second kappa shape index (κ2) is 8.57. The van der Waals surface area contributed by atoms with Gasteiger partial charge in [0.25, 0.3) is 5.56 Å². The number of ether oxygens (including phenoxy) is 1. The van der Waals surface area contributed by atoms with Crippen LogP contribution in [0.15, 0.2) is 35.9 Å². The molecule has 1 atom stereocenters. The molecule has 1 N–H and O–H groups in total. The van der Waals surface area contributed by atoms with Crippen LogP contribution in [0.4, 0.5) is 0 Å². The van der Waals surface area contributed by atoms with Crippen molar-refractivity contribution < 1.29 is 9.53 Å². The average Bonchev–Trinajstić information content (AvgIpc) is 3.00. The molecule has 0 spiro atoms. The fourth-order valence-electron chi connectivity index (χ4n) is 3.04. The number of rotatable bonds is 6. The van der Waals surface area contributed by atoms with Crippen LogP contribution in [0.25, 0.3) is 0 Å². The molecule has 1 aliphatic heterocycles. The van der Waals surface area contributed by atoms with E-state index >= 15 is 0 Å². The second-order valence-corrected chi connectivity index (χ2v) is 6.29. The fourth-order valence-corrected chi connectivity index (χ4v) is 3.04. The van der Waals surface area contributed by atoms with Crippen molar-refractivity contribution in [2.24, 2.45) is 5.92 Å². The number of amides is 1. The Morgan fingerprint density at radius 3 is 3.16 bits per heavy atom. The Morgan fingerprint density at radius 1 is 1.44 bits per heavy atom. The molecule has 25 heavy (non-hydrogen) atoms. The standard InChI is InChI=1S/C17H23N5O3/c23-16-9-15(19-12-20-16)8-14-10-22(6-7-25-11-14)17(24)2-1-4-21-5-3-18-13-21/h3,5,9,12-14H,1-2,4,6-8,10-11H2,(H,19,20,23)/t14-/m0/s1. The molecular formula is C17H23N5O3. The number of carbonyl (C=O) groups excluding carboxylic acids is 1. The van der Waals surface area contributed by atoms with Gasteiger partial charge >= 0.3 is 0 Å². The minimum atomic E-state index is -0.160. The van der Waals surface area contributed by atoms with Gasteiger partial charge in [-0.3, -0.25) is 9.59 Å². The van der Waals surface area contributed by atoms with Gasteiger partial charge in [0.05, 0.1) is 25.9 Å². The summed E-state index contributed by atoms with van der Waals surface area (Å²) in [5.74, 6) is 0.295. The Hall–Kier alpha value is -2.48. The molecule has 0 bridgehead atoms. The molecule has 0 aromatic carbocycles. The van der Waals surface area contributed by atoms with Crippen LogP contribution in [0.1, 0.15) is 18.5 Å². The minimum Gasteiger partial charge on any atom is -0.379 e. The monoisotopic (exact) mass is 345 g/mol. The number of H-pyrrole nitrogens is 1. The number of nitrogens with one attached hydrogen (secondary N) is 1. The average molecular weight is 345 g/mol. The van der Waals surface area contributed by atoms with Crippen LogP contribution in [0.5, 0.6) is 0 Å². The molecule has 0 saturated carbocycles. The van der Waals surface area contributed by atoms with Gasteiger partial charge in [-0.25, -0.2) is 9.97 Å². The lowest BCUT2D eigenvalue weighted by Crippen LogP contribution is -2.36. The Bertz CT molecular complexity index is 728. The maximum Gasteiger partial charge on any atom is 0.250 e. The first kappa shape index (κ1) is 17.3. The summed E-state index contributed by atoms with van der Waals surface area (Å²) in [6.07, 6.45) is 8.73. The van der Waals surface area contributed by atoms with E-state index in [2.05, 4.69) is 15.0 Å². The lowest BCUT2D eigenvalue weighted by atomic mass is 10.0. The molecule has 0 unspecified atom stereocenters. The Labute approximate surface area is 145 Å². The van der Waals surface area contributed by atoms with Crippen LogP contribution in [0.3, 0.4) is 0 Å². The highest BCUT2D eigenvalue weighted by Crippen LogP contribution is 2.13. The number of aromatic nitrogens is 4. The quantitative estimate of drug-likeness (QED) is 0.821. The summed E-state index contributed by atoms with van der Waals surface area (Å²) < 4.78 is 7.61. The lowest BCUT2D eigenvalue weighted by Gasteiger charge is -2.23. The molecule has 0 aliphatic carbocycles. The Kier molecular flexibility index (Phi) is 5.95. The van der Waals surface area contributed by atoms with E-state index in [0.29, 0.717) is 39.1 Å².